The Kier molecular flexibility index (Phi) is 3.35. The van der Waals surface area contributed by atoms with Crippen LogP contribution >= 0.6 is 0 Å². The summed E-state index contributed by atoms with van der Waals surface area (Å²) in [6, 6.07) is 3.98. The SMILES string of the molecule is Cc1nccc(C(C)NCC#N)n1. The van der Waals surface area contributed by atoms with Gasteiger partial charge in [0.1, 0.15) is 5.82 Å². The molecular weight excluding hydrogens is 164 g/mol. The number of nitrogens with zero attached hydrogens (tertiary/aromatic N) is 3. The summed E-state index contributed by atoms with van der Waals surface area (Å²) in [6.45, 7) is 4.16. The Hall–Kier alpha value is -1.47. The Morgan fingerprint density at radius 2 is 2.46 bits per heavy atom. The first-order valence-electron chi connectivity index (χ1n) is 4.14. The molecule has 4 nitrogen and oxygen atoms in total. The van der Waals surface area contributed by atoms with Gasteiger partial charge in [0.15, 0.2) is 0 Å². The predicted molar refractivity (Wildman–Crippen MR) is 48.8 cm³/mol. The Balaban J connectivity index is 2.66. The van der Waals surface area contributed by atoms with Crippen molar-refractivity contribution in [3.05, 3.63) is 23.8 Å². The zero-order chi connectivity index (χ0) is 9.68. The molecule has 1 aromatic rings. The first-order valence-corrected chi connectivity index (χ1v) is 4.14. The van der Waals surface area contributed by atoms with Crippen LogP contribution in [-0.4, -0.2) is 16.5 Å². The third kappa shape index (κ3) is 2.80. The number of nitriles is 1. The van der Waals surface area contributed by atoms with E-state index in [1.165, 1.54) is 0 Å². The molecule has 4 heteroatoms. The third-order valence-electron chi connectivity index (χ3n) is 1.73. The van der Waals surface area contributed by atoms with Crippen molar-refractivity contribution in [2.24, 2.45) is 0 Å². The molecule has 0 spiro atoms. The van der Waals surface area contributed by atoms with E-state index in [1.54, 1.807) is 6.20 Å². The lowest BCUT2D eigenvalue weighted by Crippen LogP contribution is -2.20. The normalized spacial score (nSPS) is 12.1. The van der Waals surface area contributed by atoms with Gasteiger partial charge < -0.3 is 0 Å². The first-order chi connectivity index (χ1) is 6.24. The highest BCUT2D eigenvalue weighted by molar-refractivity contribution is 5.06. The molecular formula is C9H12N4. The van der Waals surface area contributed by atoms with Crippen LogP contribution in [-0.2, 0) is 0 Å². The molecule has 68 valence electrons. The topological polar surface area (TPSA) is 61.6 Å². The van der Waals surface area contributed by atoms with Crippen LogP contribution in [0.2, 0.25) is 0 Å². The monoisotopic (exact) mass is 176 g/mol. The van der Waals surface area contributed by atoms with E-state index in [-0.39, 0.29) is 6.04 Å². The minimum Gasteiger partial charge on any atom is -0.296 e. The minimum atomic E-state index is 0.0985. The molecule has 13 heavy (non-hydrogen) atoms. The molecule has 0 bridgehead atoms. The Labute approximate surface area is 77.6 Å². The minimum absolute atomic E-state index is 0.0985. The molecule has 0 aliphatic carbocycles. The third-order valence-corrected chi connectivity index (χ3v) is 1.73. The number of nitrogens with one attached hydrogen (secondary N) is 1. The fraction of sp³-hybridized carbons (Fsp3) is 0.444. The van der Waals surface area contributed by atoms with Gasteiger partial charge in [0.25, 0.3) is 0 Å². The van der Waals surface area contributed by atoms with E-state index < -0.39 is 0 Å². The molecule has 0 aliphatic rings. The molecule has 0 amide bonds. The maximum atomic E-state index is 8.37. The Morgan fingerprint density at radius 1 is 1.69 bits per heavy atom. The van der Waals surface area contributed by atoms with Crippen molar-refractivity contribution in [3.63, 3.8) is 0 Å². The van der Waals surface area contributed by atoms with Crippen molar-refractivity contribution >= 4 is 0 Å². The summed E-state index contributed by atoms with van der Waals surface area (Å²) in [6.07, 6.45) is 1.72. The van der Waals surface area contributed by atoms with Crippen molar-refractivity contribution < 1.29 is 0 Å². The summed E-state index contributed by atoms with van der Waals surface area (Å²) in [5.74, 6) is 0.753. The molecule has 1 rings (SSSR count). The molecule has 0 fully saturated rings. The second kappa shape index (κ2) is 4.53. The molecule has 1 unspecified atom stereocenters. The number of hydrogen-bond donors (Lipinski definition) is 1. The van der Waals surface area contributed by atoms with Crippen molar-refractivity contribution in [3.8, 4) is 6.07 Å². The molecule has 1 N–H and O–H groups in total. The Morgan fingerprint density at radius 3 is 3.08 bits per heavy atom. The molecule has 0 saturated heterocycles. The van der Waals surface area contributed by atoms with Gasteiger partial charge in [0, 0.05) is 12.2 Å². The second-order valence-corrected chi connectivity index (χ2v) is 2.79. The maximum absolute atomic E-state index is 8.37. The number of rotatable bonds is 3. The highest BCUT2D eigenvalue weighted by Gasteiger charge is 2.05. The van der Waals surface area contributed by atoms with E-state index in [2.05, 4.69) is 15.3 Å². The van der Waals surface area contributed by atoms with Crippen LogP contribution in [0.4, 0.5) is 0 Å². The lowest BCUT2D eigenvalue weighted by atomic mass is 10.2. The smallest absolute Gasteiger partial charge is 0.125 e. The molecule has 0 aromatic carbocycles. The molecule has 1 heterocycles. The van der Waals surface area contributed by atoms with Crippen LogP contribution < -0.4 is 5.32 Å². The largest absolute Gasteiger partial charge is 0.296 e. The Bertz CT molecular complexity index is 316. The lowest BCUT2D eigenvalue weighted by molar-refractivity contribution is 0.600. The van der Waals surface area contributed by atoms with Gasteiger partial charge >= 0.3 is 0 Å². The average molecular weight is 176 g/mol. The van der Waals surface area contributed by atoms with E-state index in [4.69, 9.17) is 5.26 Å². The summed E-state index contributed by atoms with van der Waals surface area (Å²) in [7, 11) is 0. The van der Waals surface area contributed by atoms with Gasteiger partial charge in [-0.05, 0) is 19.9 Å². The van der Waals surface area contributed by atoms with Gasteiger partial charge in [-0.2, -0.15) is 5.26 Å². The number of aromatic nitrogens is 2. The van der Waals surface area contributed by atoms with Gasteiger partial charge in [-0.1, -0.05) is 0 Å². The zero-order valence-electron chi connectivity index (χ0n) is 7.78. The molecule has 0 saturated carbocycles. The van der Waals surface area contributed by atoms with Gasteiger partial charge in [-0.15, -0.1) is 0 Å². The average Bonchev–Trinajstić information content (AvgIpc) is 2.14. The maximum Gasteiger partial charge on any atom is 0.125 e. The quantitative estimate of drug-likeness (QED) is 0.697. The van der Waals surface area contributed by atoms with Crippen LogP contribution in [0.3, 0.4) is 0 Å². The van der Waals surface area contributed by atoms with Crippen molar-refractivity contribution in [1.29, 1.82) is 5.26 Å². The molecule has 0 radical (unpaired) electrons. The standard InChI is InChI=1S/C9H12N4/c1-7(11-6-4-10)9-3-5-12-8(2)13-9/h3,5,7,11H,6H2,1-2H3. The predicted octanol–water partition coefficient (Wildman–Crippen LogP) is 0.959. The van der Waals surface area contributed by atoms with Crippen molar-refractivity contribution in [2.75, 3.05) is 6.54 Å². The van der Waals surface area contributed by atoms with E-state index in [1.807, 2.05) is 26.0 Å². The van der Waals surface area contributed by atoms with Gasteiger partial charge in [0.2, 0.25) is 0 Å². The van der Waals surface area contributed by atoms with Crippen LogP contribution in [0, 0.1) is 18.3 Å². The van der Waals surface area contributed by atoms with Crippen molar-refractivity contribution in [1.82, 2.24) is 15.3 Å². The van der Waals surface area contributed by atoms with Crippen LogP contribution in [0.15, 0.2) is 12.3 Å². The highest BCUT2D eigenvalue weighted by Crippen LogP contribution is 2.07. The summed E-state index contributed by atoms with van der Waals surface area (Å²) in [5, 5.41) is 11.4. The molecule has 0 aliphatic heterocycles. The van der Waals surface area contributed by atoms with Crippen LogP contribution in [0.25, 0.3) is 0 Å². The fourth-order valence-electron chi connectivity index (χ4n) is 1.02. The highest BCUT2D eigenvalue weighted by atomic mass is 15.0. The zero-order valence-corrected chi connectivity index (χ0v) is 7.78. The summed E-state index contributed by atoms with van der Waals surface area (Å²) in [5.41, 5.74) is 0.919. The van der Waals surface area contributed by atoms with Gasteiger partial charge in [0.05, 0.1) is 18.3 Å². The lowest BCUT2D eigenvalue weighted by Gasteiger charge is -2.10. The van der Waals surface area contributed by atoms with E-state index in [0.29, 0.717) is 6.54 Å². The summed E-state index contributed by atoms with van der Waals surface area (Å²) in [4.78, 5) is 8.24. The number of hydrogen-bond acceptors (Lipinski definition) is 4. The fourth-order valence-corrected chi connectivity index (χ4v) is 1.02. The van der Waals surface area contributed by atoms with Gasteiger partial charge in [-0.3, -0.25) is 5.32 Å². The number of aryl methyl sites for hydroxylation is 1. The van der Waals surface area contributed by atoms with Crippen molar-refractivity contribution in [2.45, 2.75) is 19.9 Å². The summed E-state index contributed by atoms with van der Waals surface area (Å²) < 4.78 is 0. The van der Waals surface area contributed by atoms with E-state index in [0.717, 1.165) is 11.5 Å². The van der Waals surface area contributed by atoms with Crippen LogP contribution in [0.1, 0.15) is 24.5 Å². The van der Waals surface area contributed by atoms with Crippen LogP contribution in [0.5, 0.6) is 0 Å². The van der Waals surface area contributed by atoms with E-state index >= 15 is 0 Å². The second-order valence-electron chi connectivity index (χ2n) is 2.79. The van der Waals surface area contributed by atoms with Gasteiger partial charge in [-0.25, -0.2) is 9.97 Å². The van der Waals surface area contributed by atoms with E-state index in [9.17, 15) is 0 Å². The first kappa shape index (κ1) is 9.62. The molecule has 1 aromatic heterocycles. The summed E-state index contributed by atoms with van der Waals surface area (Å²) >= 11 is 0. The molecule has 1 atom stereocenters.